The average Bonchev–Trinajstić information content (AvgIpc) is 2.34. The Bertz CT molecular complexity index is 379. The van der Waals surface area contributed by atoms with Crippen molar-refractivity contribution >= 4 is 0 Å². The van der Waals surface area contributed by atoms with Gasteiger partial charge in [-0.1, -0.05) is 30.3 Å². The lowest BCUT2D eigenvalue weighted by Gasteiger charge is -2.26. The van der Waals surface area contributed by atoms with Gasteiger partial charge in [-0.25, -0.2) is 0 Å². The fourth-order valence-electron chi connectivity index (χ4n) is 1.62. The lowest BCUT2D eigenvalue weighted by molar-refractivity contribution is -0.141. The smallest absolute Gasteiger partial charge is 0.390 e. The Hall–Kier alpha value is -1.11. The summed E-state index contributed by atoms with van der Waals surface area (Å²) in [5.74, 6) is 0. The van der Waals surface area contributed by atoms with E-state index in [0.29, 0.717) is 5.56 Å². The molecule has 0 aliphatic carbocycles. The maximum atomic E-state index is 12.5. The van der Waals surface area contributed by atoms with Crippen molar-refractivity contribution in [3.63, 3.8) is 0 Å². The molecule has 2 atom stereocenters. The highest BCUT2D eigenvalue weighted by Gasteiger charge is 2.33. The third-order valence-corrected chi connectivity index (χ3v) is 2.71. The number of rotatable bonds is 6. The summed E-state index contributed by atoms with van der Waals surface area (Å²) in [4.78, 5) is 0. The Morgan fingerprint density at radius 3 is 2.26 bits per heavy atom. The molecule has 108 valence electrons. The second-order valence-electron chi connectivity index (χ2n) is 4.82. The van der Waals surface area contributed by atoms with E-state index in [0.717, 1.165) is 0 Å². The summed E-state index contributed by atoms with van der Waals surface area (Å²) < 4.78 is 37.6. The van der Waals surface area contributed by atoms with Crippen molar-refractivity contribution in [2.75, 3.05) is 13.2 Å². The van der Waals surface area contributed by atoms with Gasteiger partial charge in [0.05, 0.1) is 18.6 Å². The predicted molar refractivity (Wildman–Crippen MR) is 65.6 cm³/mol. The molecule has 0 amide bonds. The van der Waals surface area contributed by atoms with Crippen LogP contribution in [-0.4, -0.2) is 35.1 Å². The molecule has 0 saturated heterocycles. The van der Waals surface area contributed by atoms with E-state index < -0.39 is 30.8 Å². The second kappa shape index (κ2) is 6.36. The van der Waals surface area contributed by atoms with E-state index in [9.17, 15) is 18.3 Å². The molecule has 0 aromatic heterocycles. The van der Waals surface area contributed by atoms with Crippen molar-refractivity contribution in [3.05, 3.63) is 35.9 Å². The quantitative estimate of drug-likeness (QED) is 0.745. The van der Waals surface area contributed by atoms with Crippen LogP contribution in [0.15, 0.2) is 30.3 Å². The van der Waals surface area contributed by atoms with Gasteiger partial charge in [0.25, 0.3) is 0 Å². The first kappa shape index (κ1) is 15.9. The molecule has 0 aliphatic heterocycles. The van der Waals surface area contributed by atoms with Crippen molar-refractivity contribution in [3.8, 4) is 0 Å². The van der Waals surface area contributed by atoms with Crippen LogP contribution >= 0.6 is 0 Å². The molecule has 0 saturated carbocycles. The summed E-state index contributed by atoms with van der Waals surface area (Å²) in [5, 5.41) is 21.2. The molecule has 6 heteroatoms. The molecule has 0 heterocycles. The summed E-state index contributed by atoms with van der Waals surface area (Å²) in [6.45, 7) is 0.711. The number of nitrogens with one attached hydrogen (secondary N) is 1. The molecular weight excluding hydrogens is 259 g/mol. The highest BCUT2D eigenvalue weighted by atomic mass is 19.4. The van der Waals surface area contributed by atoms with Crippen LogP contribution in [0, 0.1) is 0 Å². The van der Waals surface area contributed by atoms with Crippen LogP contribution in [0.1, 0.15) is 24.9 Å². The van der Waals surface area contributed by atoms with E-state index in [2.05, 4.69) is 5.32 Å². The van der Waals surface area contributed by atoms with Crippen molar-refractivity contribution in [2.24, 2.45) is 0 Å². The predicted octanol–water partition coefficient (Wildman–Crippen LogP) is 2.01. The van der Waals surface area contributed by atoms with Gasteiger partial charge in [-0.15, -0.1) is 0 Å². The minimum absolute atomic E-state index is 0.126. The first-order valence-corrected chi connectivity index (χ1v) is 5.92. The minimum Gasteiger partial charge on any atom is -0.393 e. The van der Waals surface area contributed by atoms with E-state index in [1.165, 1.54) is 6.92 Å². The summed E-state index contributed by atoms with van der Waals surface area (Å²) in [6, 6.07) is 7.28. The highest BCUT2D eigenvalue weighted by molar-refractivity contribution is 5.19. The molecule has 2 unspecified atom stereocenters. The van der Waals surface area contributed by atoms with Crippen LogP contribution in [0.3, 0.4) is 0 Å². The zero-order valence-corrected chi connectivity index (χ0v) is 10.6. The van der Waals surface area contributed by atoms with Crippen molar-refractivity contribution in [1.82, 2.24) is 5.32 Å². The normalized spacial score (nSPS) is 16.9. The minimum atomic E-state index is -4.31. The Kier molecular flexibility index (Phi) is 5.34. The number of alkyl halides is 3. The Morgan fingerprint density at radius 1 is 1.21 bits per heavy atom. The van der Waals surface area contributed by atoms with Crippen LogP contribution in [-0.2, 0) is 0 Å². The molecule has 1 aromatic carbocycles. The van der Waals surface area contributed by atoms with E-state index in [1.54, 1.807) is 30.3 Å². The van der Waals surface area contributed by atoms with E-state index in [-0.39, 0.29) is 6.54 Å². The zero-order chi connectivity index (χ0) is 14.5. The topological polar surface area (TPSA) is 52.5 Å². The average molecular weight is 277 g/mol. The van der Waals surface area contributed by atoms with E-state index in [1.807, 2.05) is 0 Å². The van der Waals surface area contributed by atoms with Gasteiger partial charge in [0.15, 0.2) is 0 Å². The Balaban J connectivity index is 2.77. The van der Waals surface area contributed by atoms with Crippen molar-refractivity contribution in [1.29, 1.82) is 0 Å². The lowest BCUT2D eigenvalue weighted by atomic mass is 10.0. The molecule has 0 fully saturated rings. The second-order valence-corrected chi connectivity index (χ2v) is 4.82. The van der Waals surface area contributed by atoms with E-state index >= 15 is 0 Å². The Labute approximate surface area is 110 Å². The van der Waals surface area contributed by atoms with Crippen LogP contribution in [0.2, 0.25) is 0 Å². The summed E-state index contributed by atoms with van der Waals surface area (Å²) >= 11 is 0. The fraction of sp³-hybridized carbons (Fsp3) is 0.538. The van der Waals surface area contributed by atoms with Crippen LogP contribution in [0.4, 0.5) is 13.2 Å². The highest BCUT2D eigenvalue weighted by Crippen LogP contribution is 2.29. The van der Waals surface area contributed by atoms with Gasteiger partial charge >= 0.3 is 6.18 Å². The Morgan fingerprint density at radius 2 is 1.79 bits per heavy atom. The standard InChI is InChI=1S/C13H18F3NO2/c1-12(19,9-18)8-17-11(7-13(14,15)16)10-5-3-2-4-6-10/h2-6,11,17-19H,7-9H2,1H3. The molecule has 3 N–H and O–H groups in total. The maximum Gasteiger partial charge on any atom is 0.390 e. The molecule has 0 aliphatic rings. The molecule has 1 aromatic rings. The fourth-order valence-corrected chi connectivity index (χ4v) is 1.62. The number of halogens is 3. The SMILES string of the molecule is CC(O)(CO)CNC(CC(F)(F)F)c1ccccc1. The third kappa shape index (κ3) is 6.04. The first-order valence-electron chi connectivity index (χ1n) is 5.92. The third-order valence-electron chi connectivity index (χ3n) is 2.71. The molecule has 0 spiro atoms. The number of benzene rings is 1. The maximum absolute atomic E-state index is 12.5. The molecule has 1 rings (SSSR count). The number of hydrogen-bond donors (Lipinski definition) is 3. The van der Waals surface area contributed by atoms with Gasteiger partial charge in [-0.2, -0.15) is 13.2 Å². The molecule has 0 bridgehead atoms. The number of aliphatic hydroxyl groups excluding tert-OH is 1. The van der Waals surface area contributed by atoms with E-state index in [4.69, 9.17) is 5.11 Å². The molecular formula is C13H18F3NO2. The lowest BCUT2D eigenvalue weighted by Crippen LogP contribution is -2.43. The largest absolute Gasteiger partial charge is 0.393 e. The number of aliphatic hydroxyl groups is 2. The van der Waals surface area contributed by atoms with Crippen LogP contribution < -0.4 is 5.32 Å². The van der Waals surface area contributed by atoms with Crippen molar-refractivity contribution in [2.45, 2.75) is 31.2 Å². The first-order chi connectivity index (χ1) is 8.73. The van der Waals surface area contributed by atoms with Gasteiger partial charge in [0.1, 0.15) is 0 Å². The number of hydrogen-bond acceptors (Lipinski definition) is 3. The van der Waals surface area contributed by atoms with Gasteiger partial charge in [-0.3, -0.25) is 0 Å². The summed E-state index contributed by atoms with van der Waals surface area (Å²) in [5.41, 5.74) is -0.952. The van der Waals surface area contributed by atoms with Gasteiger partial charge < -0.3 is 15.5 Å². The summed E-state index contributed by atoms with van der Waals surface area (Å²) in [7, 11) is 0. The van der Waals surface area contributed by atoms with Crippen molar-refractivity contribution < 1.29 is 23.4 Å². The van der Waals surface area contributed by atoms with Crippen LogP contribution in [0.25, 0.3) is 0 Å². The van der Waals surface area contributed by atoms with Gasteiger partial charge in [0.2, 0.25) is 0 Å². The molecule has 0 radical (unpaired) electrons. The summed E-state index contributed by atoms with van der Waals surface area (Å²) in [6.07, 6.45) is -5.34. The zero-order valence-electron chi connectivity index (χ0n) is 10.6. The molecule has 3 nitrogen and oxygen atoms in total. The van der Waals surface area contributed by atoms with Gasteiger partial charge in [-0.05, 0) is 12.5 Å². The molecule has 19 heavy (non-hydrogen) atoms. The monoisotopic (exact) mass is 277 g/mol. The van der Waals surface area contributed by atoms with Gasteiger partial charge in [0, 0.05) is 12.6 Å². The van der Waals surface area contributed by atoms with Crippen LogP contribution in [0.5, 0.6) is 0 Å².